The normalized spacial score (nSPS) is 14.1. The zero-order chi connectivity index (χ0) is 30.6. The summed E-state index contributed by atoms with van der Waals surface area (Å²) in [6, 6.07) is 10.1. The van der Waals surface area contributed by atoms with Crippen LogP contribution in [0.5, 0.6) is 0 Å². The lowest BCUT2D eigenvalue weighted by molar-refractivity contribution is -0.138. The van der Waals surface area contributed by atoms with E-state index in [2.05, 4.69) is 15.2 Å². The van der Waals surface area contributed by atoms with Gasteiger partial charge >= 0.3 is 6.18 Å². The van der Waals surface area contributed by atoms with Crippen molar-refractivity contribution in [3.05, 3.63) is 98.5 Å². The van der Waals surface area contributed by atoms with Crippen molar-refractivity contribution in [2.75, 3.05) is 0 Å². The van der Waals surface area contributed by atoms with E-state index in [1.807, 2.05) is 13.0 Å². The van der Waals surface area contributed by atoms with E-state index < -0.39 is 30.3 Å². The van der Waals surface area contributed by atoms with E-state index in [0.29, 0.717) is 5.56 Å². The van der Waals surface area contributed by atoms with Crippen molar-refractivity contribution in [1.82, 2.24) is 24.5 Å². The van der Waals surface area contributed by atoms with E-state index in [0.717, 1.165) is 48.4 Å². The van der Waals surface area contributed by atoms with Crippen molar-refractivity contribution < 1.29 is 26.3 Å². The molecule has 6 nitrogen and oxygen atoms in total. The second-order valence-electron chi connectivity index (χ2n) is 10.3. The van der Waals surface area contributed by atoms with Gasteiger partial charge in [-0.2, -0.15) is 23.4 Å². The van der Waals surface area contributed by atoms with Crippen molar-refractivity contribution in [1.29, 1.82) is 0 Å². The summed E-state index contributed by atoms with van der Waals surface area (Å²) in [6.45, 7) is 2.78. The summed E-state index contributed by atoms with van der Waals surface area (Å²) in [5.41, 5.74) is -0.632. The molecule has 3 aromatic heterocycles. The fourth-order valence-corrected chi connectivity index (χ4v) is 5.30. The highest BCUT2D eigenvalue weighted by atomic mass is 19.4. The van der Waals surface area contributed by atoms with Gasteiger partial charge in [-0.3, -0.25) is 14.5 Å². The standard InChI is InChI=1S/C23H24F5N5O.C7H7F/c1-13-19(21(24)25)20(32(2)30-13)17-11-15(14-7-4-3-5-8-14)22(34)33(31-17)12-18-16(23(26,27)28)9-6-10-29-18;1-6-3-2-4-7(8)5-6/h6,9-11,14,21H,3-5,7-8,12H2,1-2H3;2-5H,1H3. The van der Waals surface area contributed by atoms with Crippen molar-refractivity contribution >= 4 is 0 Å². The minimum absolute atomic E-state index is 0.0374. The molecule has 224 valence electrons. The number of alkyl halides is 5. The molecular weight excluding hydrogens is 560 g/mol. The highest BCUT2D eigenvalue weighted by Gasteiger charge is 2.34. The lowest BCUT2D eigenvalue weighted by Gasteiger charge is -2.23. The highest BCUT2D eigenvalue weighted by molar-refractivity contribution is 5.61. The van der Waals surface area contributed by atoms with Gasteiger partial charge in [0.2, 0.25) is 0 Å². The molecule has 0 atom stereocenters. The lowest BCUT2D eigenvalue weighted by atomic mass is 9.84. The summed E-state index contributed by atoms with van der Waals surface area (Å²) >= 11 is 0. The topological polar surface area (TPSA) is 65.6 Å². The van der Waals surface area contributed by atoms with Crippen molar-refractivity contribution in [2.45, 2.75) is 71.0 Å². The number of aromatic nitrogens is 5. The Hall–Kier alpha value is -3.96. The van der Waals surface area contributed by atoms with Gasteiger partial charge in [0.05, 0.1) is 34.8 Å². The van der Waals surface area contributed by atoms with Gasteiger partial charge in [0.25, 0.3) is 12.0 Å². The molecule has 4 aromatic rings. The van der Waals surface area contributed by atoms with Crippen LogP contribution < -0.4 is 5.56 Å². The number of nitrogens with zero attached hydrogens (tertiary/aromatic N) is 5. The van der Waals surface area contributed by atoms with E-state index in [1.54, 1.807) is 6.07 Å². The molecule has 1 aliphatic rings. The molecule has 3 heterocycles. The Balaban J connectivity index is 0.000000437. The SMILES string of the molecule is Cc1cccc(F)c1.Cc1nn(C)c(-c2cc(C3CCCCC3)c(=O)n(Cc3ncccc3C(F)(F)F)n2)c1C(F)F. The maximum Gasteiger partial charge on any atom is 0.418 e. The average Bonchev–Trinajstić information content (AvgIpc) is 3.24. The molecule has 0 radical (unpaired) electrons. The van der Waals surface area contributed by atoms with Crippen molar-refractivity contribution in [3.8, 4) is 11.4 Å². The first-order valence-corrected chi connectivity index (χ1v) is 13.5. The van der Waals surface area contributed by atoms with Gasteiger partial charge in [-0.25, -0.2) is 17.9 Å². The monoisotopic (exact) mass is 591 g/mol. The molecule has 0 saturated heterocycles. The fourth-order valence-electron chi connectivity index (χ4n) is 5.30. The van der Waals surface area contributed by atoms with Crippen molar-refractivity contribution in [2.24, 2.45) is 7.05 Å². The Bertz CT molecular complexity index is 1570. The number of benzene rings is 1. The quantitative estimate of drug-likeness (QED) is 0.225. The molecule has 12 heteroatoms. The van der Waals surface area contributed by atoms with Crippen LogP contribution in [0.1, 0.15) is 78.1 Å². The van der Waals surface area contributed by atoms with E-state index >= 15 is 0 Å². The maximum absolute atomic E-state index is 13.9. The summed E-state index contributed by atoms with van der Waals surface area (Å²) < 4.78 is 82.6. The van der Waals surface area contributed by atoms with Gasteiger partial charge in [-0.05, 0) is 68.5 Å². The van der Waals surface area contributed by atoms with Crippen LogP contribution in [-0.4, -0.2) is 24.5 Å². The van der Waals surface area contributed by atoms with E-state index in [9.17, 15) is 31.1 Å². The molecule has 0 bridgehead atoms. The molecule has 0 spiro atoms. The Morgan fingerprint density at radius 3 is 2.31 bits per heavy atom. The third-order valence-electron chi connectivity index (χ3n) is 7.25. The summed E-state index contributed by atoms with van der Waals surface area (Å²) in [5, 5.41) is 8.32. The van der Waals surface area contributed by atoms with Crippen LogP contribution in [0, 0.1) is 19.7 Å². The van der Waals surface area contributed by atoms with Gasteiger partial charge in [-0.15, -0.1) is 0 Å². The molecule has 5 rings (SSSR count). The van der Waals surface area contributed by atoms with Gasteiger partial charge < -0.3 is 0 Å². The number of aryl methyl sites for hydroxylation is 3. The molecule has 1 saturated carbocycles. The lowest BCUT2D eigenvalue weighted by Crippen LogP contribution is -2.30. The zero-order valence-electron chi connectivity index (χ0n) is 23.4. The third kappa shape index (κ3) is 7.08. The summed E-state index contributed by atoms with van der Waals surface area (Å²) in [4.78, 5) is 17.2. The second-order valence-corrected chi connectivity index (χ2v) is 10.3. The molecule has 1 aliphatic carbocycles. The van der Waals surface area contributed by atoms with Gasteiger partial charge in [0.15, 0.2) is 0 Å². The maximum atomic E-state index is 13.9. The van der Waals surface area contributed by atoms with E-state index in [4.69, 9.17) is 0 Å². The molecular formula is C30H31F6N5O. The van der Waals surface area contributed by atoms with Crippen LogP contribution in [0.15, 0.2) is 53.5 Å². The van der Waals surface area contributed by atoms with Gasteiger partial charge in [-0.1, -0.05) is 31.4 Å². The Kier molecular flexibility index (Phi) is 9.53. The molecule has 1 fully saturated rings. The Morgan fingerprint density at radius 1 is 1.00 bits per heavy atom. The number of halogens is 6. The van der Waals surface area contributed by atoms with E-state index in [-0.39, 0.29) is 40.1 Å². The first-order chi connectivity index (χ1) is 19.9. The van der Waals surface area contributed by atoms with E-state index in [1.165, 1.54) is 49.1 Å². The Labute approximate surface area is 239 Å². The molecule has 0 unspecified atom stereocenters. The van der Waals surface area contributed by atoms with Crippen LogP contribution in [0.2, 0.25) is 0 Å². The van der Waals surface area contributed by atoms with Gasteiger partial charge in [0.1, 0.15) is 11.5 Å². The largest absolute Gasteiger partial charge is 0.418 e. The first kappa shape index (κ1) is 31.0. The predicted molar refractivity (Wildman–Crippen MR) is 146 cm³/mol. The molecule has 1 aromatic carbocycles. The van der Waals surface area contributed by atoms with Crippen LogP contribution in [-0.2, 0) is 19.8 Å². The van der Waals surface area contributed by atoms with Crippen LogP contribution in [0.3, 0.4) is 0 Å². The van der Waals surface area contributed by atoms with Crippen LogP contribution in [0.4, 0.5) is 26.3 Å². The number of pyridine rings is 1. The van der Waals surface area contributed by atoms with Crippen LogP contribution >= 0.6 is 0 Å². The smallest absolute Gasteiger partial charge is 0.267 e. The minimum atomic E-state index is -4.67. The fraction of sp³-hybridized carbons (Fsp3) is 0.400. The second kappa shape index (κ2) is 12.9. The minimum Gasteiger partial charge on any atom is -0.267 e. The molecule has 0 N–H and O–H groups in total. The third-order valence-corrected chi connectivity index (χ3v) is 7.25. The van der Waals surface area contributed by atoms with Crippen molar-refractivity contribution in [3.63, 3.8) is 0 Å². The zero-order valence-corrected chi connectivity index (χ0v) is 23.4. The first-order valence-electron chi connectivity index (χ1n) is 13.5. The number of hydrogen-bond donors (Lipinski definition) is 0. The average molecular weight is 592 g/mol. The number of hydrogen-bond acceptors (Lipinski definition) is 4. The molecule has 0 amide bonds. The number of rotatable bonds is 5. The molecule has 42 heavy (non-hydrogen) atoms. The Morgan fingerprint density at radius 2 is 1.71 bits per heavy atom. The summed E-state index contributed by atoms with van der Waals surface area (Å²) in [5.74, 6) is -0.283. The highest BCUT2D eigenvalue weighted by Crippen LogP contribution is 2.36. The van der Waals surface area contributed by atoms with Gasteiger partial charge in [0, 0.05) is 18.8 Å². The van der Waals surface area contributed by atoms with Crippen LogP contribution in [0.25, 0.3) is 11.4 Å². The predicted octanol–water partition coefficient (Wildman–Crippen LogP) is 7.53. The molecule has 0 aliphatic heterocycles. The summed E-state index contributed by atoms with van der Waals surface area (Å²) in [7, 11) is 1.49. The summed E-state index contributed by atoms with van der Waals surface area (Å²) in [6.07, 6.45) is -1.97.